The third-order valence-corrected chi connectivity index (χ3v) is 4.87. The zero-order chi connectivity index (χ0) is 16.6. The van der Waals surface area contributed by atoms with Gasteiger partial charge in [-0.3, -0.25) is 4.79 Å². The standard InChI is InChI=1S/C16H16N2O3S2/c1-10(2)9-18-14-4-3-11(23(20)21)7-12(14)13(16(18)19)8-15-17-5-6-22-15/h3-8,10H,9H2,1-2H3,(H,20,21)/b13-8+. The maximum Gasteiger partial charge on any atom is 0.259 e. The molecule has 120 valence electrons. The Morgan fingerprint density at radius 1 is 1.43 bits per heavy atom. The number of hydrogen-bond donors (Lipinski definition) is 1. The van der Waals surface area contributed by atoms with Crippen LogP contribution >= 0.6 is 11.3 Å². The van der Waals surface area contributed by atoms with E-state index in [0.717, 1.165) is 10.7 Å². The smallest absolute Gasteiger partial charge is 0.259 e. The van der Waals surface area contributed by atoms with E-state index in [-0.39, 0.29) is 10.8 Å². The van der Waals surface area contributed by atoms with E-state index in [9.17, 15) is 13.6 Å². The van der Waals surface area contributed by atoms with Gasteiger partial charge in [0, 0.05) is 23.7 Å². The third kappa shape index (κ3) is 3.12. The Morgan fingerprint density at radius 3 is 2.83 bits per heavy atom. The summed E-state index contributed by atoms with van der Waals surface area (Å²) >= 11 is -0.634. The number of hydrogen-bond acceptors (Lipinski definition) is 4. The summed E-state index contributed by atoms with van der Waals surface area (Å²) in [7, 11) is 0. The van der Waals surface area contributed by atoms with E-state index >= 15 is 0 Å². The largest absolute Gasteiger partial charge is 0.307 e. The predicted octanol–water partition coefficient (Wildman–Crippen LogP) is 3.27. The topological polar surface area (TPSA) is 70.5 Å². The molecule has 0 saturated heterocycles. The molecule has 1 amide bonds. The third-order valence-electron chi connectivity index (χ3n) is 3.49. The maximum absolute atomic E-state index is 12.8. The zero-order valence-electron chi connectivity index (χ0n) is 12.7. The minimum Gasteiger partial charge on any atom is -0.307 e. The van der Waals surface area contributed by atoms with Crippen molar-refractivity contribution in [2.45, 2.75) is 18.7 Å². The van der Waals surface area contributed by atoms with Crippen molar-refractivity contribution >= 4 is 45.7 Å². The van der Waals surface area contributed by atoms with Gasteiger partial charge in [-0.15, -0.1) is 11.3 Å². The lowest BCUT2D eigenvalue weighted by atomic mass is 10.1. The van der Waals surface area contributed by atoms with E-state index in [2.05, 4.69) is 4.98 Å². The Kier molecular flexibility index (Phi) is 4.43. The van der Waals surface area contributed by atoms with Gasteiger partial charge in [0.25, 0.3) is 5.91 Å². The second kappa shape index (κ2) is 6.35. The molecule has 1 unspecified atom stereocenters. The number of carbonyl (C=O) groups is 1. The van der Waals surface area contributed by atoms with Crippen molar-refractivity contribution in [2.75, 3.05) is 11.4 Å². The van der Waals surface area contributed by atoms with Gasteiger partial charge in [0.1, 0.15) is 5.01 Å². The fraction of sp³-hybridized carbons (Fsp3) is 0.250. The lowest BCUT2D eigenvalue weighted by molar-refractivity contribution is -0.113. The highest BCUT2D eigenvalue weighted by Crippen LogP contribution is 2.39. The first kappa shape index (κ1) is 16.0. The molecule has 3 rings (SSSR count). The summed E-state index contributed by atoms with van der Waals surface area (Å²) in [5, 5.41) is 2.58. The molecule has 1 aromatic heterocycles. The number of aromatic nitrogens is 1. The molecule has 2 aromatic rings. The summed E-state index contributed by atoms with van der Waals surface area (Å²) in [5.41, 5.74) is 1.98. The van der Waals surface area contributed by atoms with Crippen LogP contribution in [0.25, 0.3) is 11.6 Å². The molecular formula is C16H16N2O3S2. The van der Waals surface area contributed by atoms with Crippen LogP contribution in [-0.2, 0) is 15.9 Å². The van der Waals surface area contributed by atoms with Gasteiger partial charge in [0.15, 0.2) is 11.1 Å². The fourth-order valence-electron chi connectivity index (χ4n) is 2.56. The van der Waals surface area contributed by atoms with E-state index in [4.69, 9.17) is 0 Å². The highest BCUT2D eigenvalue weighted by Gasteiger charge is 2.33. The van der Waals surface area contributed by atoms with Gasteiger partial charge in [-0.2, -0.15) is 0 Å². The minimum atomic E-state index is -2.08. The number of rotatable bonds is 4. The highest BCUT2D eigenvalue weighted by molar-refractivity contribution is 7.79. The van der Waals surface area contributed by atoms with Crippen LogP contribution in [0.4, 0.5) is 5.69 Å². The van der Waals surface area contributed by atoms with Crippen molar-refractivity contribution in [2.24, 2.45) is 5.92 Å². The van der Waals surface area contributed by atoms with Crippen LogP contribution in [0.1, 0.15) is 24.4 Å². The summed E-state index contributed by atoms with van der Waals surface area (Å²) in [6.07, 6.45) is 3.43. The Morgan fingerprint density at radius 2 is 2.22 bits per heavy atom. The van der Waals surface area contributed by atoms with Crippen LogP contribution in [-0.4, -0.2) is 26.2 Å². The Labute approximate surface area is 141 Å². The van der Waals surface area contributed by atoms with Crippen LogP contribution in [0.15, 0.2) is 34.7 Å². The van der Waals surface area contributed by atoms with Gasteiger partial charge in [-0.1, -0.05) is 13.8 Å². The molecule has 1 aromatic carbocycles. The lowest BCUT2D eigenvalue weighted by Crippen LogP contribution is -2.30. The maximum atomic E-state index is 12.8. The first-order valence-electron chi connectivity index (χ1n) is 7.15. The molecule has 5 nitrogen and oxygen atoms in total. The molecule has 23 heavy (non-hydrogen) atoms. The van der Waals surface area contributed by atoms with Crippen molar-refractivity contribution in [1.29, 1.82) is 0 Å². The average molecular weight is 348 g/mol. The van der Waals surface area contributed by atoms with E-state index in [1.165, 1.54) is 11.3 Å². The zero-order valence-corrected chi connectivity index (χ0v) is 14.4. The van der Waals surface area contributed by atoms with E-state index in [1.54, 1.807) is 35.4 Å². The number of nitrogens with zero attached hydrogens (tertiary/aromatic N) is 2. The molecule has 1 aliphatic rings. The van der Waals surface area contributed by atoms with E-state index < -0.39 is 11.1 Å². The molecule has 0 saturated carbocycles. The van der Waals surface area contributed by atoms with Crippen LogP contribution < -0.4 is 4.90 Å². The second-order valence-electron chi connectivity index (χ2n) is 5.67. The molecule has 1 aliphatic heterocycles. The molecule has 0 aliphatic carbocycles. The molecule has 0 spiro atoms. The molecule has 1 N–H and O–H groups in total. The Hall–Kier alpha value is -1.83. The Balaban J connectivity index is 2.13. The fourth-order valence-corrected chi connectivity index (χ4v) is 3.53. The van der Waals surface area contributed by atoms with Crippen LogP contribution in [0.3, 0.4) is 0 Å². The van der Waals surface area contributed by atoms with Crippen LogP contribution in [0.2, 0.25) is 0 Å². The summed E-state index contributed by atoms with van der Waals surface area (Å²) in [4.78, 5) is 19.0. The lowest BCUT2D eigenvalue weighted by Gasteiger charge is -2.19. The Bertz CT molecular complexity index is 798. The van der Waals surface area contributed by atoms with Gasteiger partial charge in [0.05, 0.1) is 16.2 Å². The first-order chi connectivity index (χ1) is 11.0. The summed E-state index contributed by atoms with van der Waals surface area (Å²) in [5.74, 6) is 0.224. The molecular weight excluding hydrogens is 332 g/mol. The van der Waals surface area contributed by atoms with Gasteiger partial charge < -0.3 is 9.45 Å². The van der Waals surface area contributed by atoms with Gasteiger partial charge in [0.2, 0.25) is 0 Å². The van der Waals surface area contributed by atoms with Crippen molar-refractivity contribution in [3.63, 3.8) is 0 Å². The number of carbonyl (C=O) groups excluding carboxylic acids is 1. The molecule has 2 heterocycles. The number of amides is 1. The molecule has 0 fully saturated rings. The molecule has 0 radical (unpaired) electrons. The van der Waals surface area contributed by atoms with Gasteiger partial charge in [-0.05, 0) is 30.2 Å². The number of thiazole rings is 1. The first-order valence-corrected chi connectivity index (χ1v) is 9.14. The van der Waals surface area contributed by atoms with E-state index in [1.807, 2.05) is 19.2 Å². The number of anilines is 1. The van der Waals surface area contributed by atoms with Crippen LogP contribution in [0.5, 0.6) is 0 Å². The summed E-state index contributed by atoms with van der Waals surface area (Å²) in [6, 6.07) is 4.94. The van der Waals surface area contributed by atoms with Crippen molar-refractivity contribution in [1.82, 2.24) is 4.98 Å². The number of benzene rings is 1. The van der Waals surface area contributed by atoms with Gasteiger partial charge >= 0.3 is 0 Å². The summed E-state index contributed by atoms with van der Waals surface area (Å²) in [6.45, 7) is 4.70. The average Bonchev–Trinajstić information content (AvgIpc) is 3.09. The molecule has 1 atom stereocenters. The molecule has 0 bridgehead atoms. The van der Waals surface area contributed by atoms with Crippen molar-refractivity contribution in [3.05, 3.63) is 40.3 Å². The SMILES string of the molecule is CC(C)CN1C(=O)/C(=C/c2nccs2)c2cc(S(=O)O)ccc21. The van der Waals surface area contributed by atoms with Gasteiger partial charge in [-0.25, -0.2) is 9.19 Å². The summed E-state index contributed by atoms with van der Waals surface area (Å²) < 4.78 is 20.7. The minimum absolute atomic E-state index is 0.0928. The molecule has 7 heteroatoms. The second-order valence-corrected chi connectivity index (χ2v) is 7.56. The highest BCUT2D eigenvalue weighted by atomic mass is 32.2. The van der Waals surface area contributed by atoms with E-state index in [0.29, 0.717) is 23.6 Å². The predicted molar refractivity (Wildman–Crippen MR) is 92.7 cm³/mol. The monoisotopic (exact) mass is 348 g/mol. The van der Waals surface area contributed by atoms with Crippen molar-refractivity contribution in [3.8, 4) is 0 Å². The quantitative estimate of drug-likeness (QED) is 0.680. The van der Waals surface area contributed by atoms with Crippen molar-refractivity contribution < 1.29 is 13.6 Å². The number of fused-ring (bicyclic) bond motifs is 1. The normalized spacial score (nSPS) is 17.1. The van der Waals surface area contributed by atoms with Crippen LogP contribution in [0, 0.1) is 5.92 Å².